The van der Waals surface area contributed by atoms with Gasteiger partial charge in [-0.3, -0.25) is 0 Å². The molecule has 0 bridgehead atoms. The maximum atomic E-state index is 13.4. The van der Waals surface area contributed by atoms with Gasteiger partial charge in [-0.2, -0.15) is 11.8 Å². The molecule has 142 valence electrons. The van der Waals surface area contributed by atoms with E-state index in [4.69, 9.17) is 4.74 Å². The van der Waals surface area contributed by atoms with Crippen molar-refractivity contribution in [1.82, 2.24) is 10.6 Å². The Kier molecular flexibility index (Phi) is 11.5. The first-order chi connectivity index (χ1) is 11.7. The first-order valence-electron chi connectivity index (χ1n) is 8.63. The van der Waals surface area contributed by atoms with E-state index in [0.717, 1.165) is 55.4 Å². The molecule has 1 fully saturated rings. The molecule has 1 aliphatic heterocycles. The molecule has 1 aliphatic rings. The number of halogens is 2. The van der Waals surface area contributed by atoms with Crippen molar-refractivity contribution in [3.05, 3.63) is 35.1 Å². The van der Waals surface area contributed by atoms with E-state index < -0.39 is 0 Å². The minimum Gasteiger partial charge on any atom is -0.378 e. The van der Waals surface area contributed by atoms with Gasteiger partial charge in [-0.25, -0.2) is 9.38 Å². The number of rotatable bonds is 8. The van der Waals surface area contributed by atoms with Crippen molar-refractivity contribution < 1.29 is 9.13 Å². The standard InChI is InChI=1S/C18H28FN3OS.HI/c1-3-20-18(21-9-8-17-5-4-10-23-17)22-12-14-6-7-16(19)11-15(14)13-24-2;/h6-7,11,17H,3-5,8-10,12-13H2,1-2H3,(H2,20,21,22);1H. The maximum Gasteiger partial charge on any atom is 0.191 e. The second-order valence-electron chi connectivity index (χ2n) is 5.89. The number of thioether (sulfide) groups is 1. The highest BCUT2D eigenvalue weighted by molar-refractivity contribution is 14.0. The summed E-state index contributed by atoms with van der Waals surface area (Å²) in [5.74, 6) is 1.41. The molecule has 25 heavy (non-hydrogen) atoms. The molecule has 4 nitrogen and oxygen atoms in total. The van der Waals surface area contributed by atoms with Crippen LogP contribution in [0.2, 0.25) is 0 Å². The van der Waals surface area contributed by atoms with Crippen molar-refractivity contribution in [2.75, 3.05) is 26.0 Å². The predicted molar refractivity (Wildman–Crippen MR) is 115 cm³/mol. The van der Waals surface area contributed by atoms with Gasteiger partial charge in [0.2, 0.25) is 0 Å². The minimum atomic E-state index is -0.187. The summed E-state index contributed by atoms with van der Waals surface area (Å²) in [5.41, 5.74) is 2.09. The van der Waals surface area contributed by atoms with E-state index in [1.54, 1.807) is 17.8 Å². The molecular weight excluding hydrogens is 452 g/mol. The Bertz CT molecular complexity index is 539. The third-order valence-electron chi connectivity index (χ3n) is 4.00. The van der Waals surface area contributed by atoms with Crippen LogP contribution in [-0.2, 0) is 17.0 Å². The Labute approximate surface area is 171 Å². The molecule has 0 spiro atoms. The Balaban J connectivity index is 0.00000312. The van der Waals surface area contributed by atoms with E-state index in [1.165, 1.54) is 12.5 Å². The Hall–Kier alpha value is -0.540. The van der Waals surface area contributed by atoms with Gasteiger partial charge in [-0.05, 0) is 55.7 Å². The molecule has 7 heteroatoms. The van der Waals surface area contributed by atoms with Gasteiger partial charge >= 0.3 is 0 Å². The highest BCUT2D eigenvalue weighted by atomic mass is 127. The molecule has 1 aromatic carbocycles. The van der Waals surface area contributed by atoms with Gasteiger partial charge in [0, 0.05) is 25.4 Å². The molecule has 0 saturated carbocycles. The second kappa shape index (κ2) is 12.8. The number of nitrogens with zero attached hydrogens (tertiary/aromatic N) is 1. The van der Waals surface area contributed by atoms with E-state index in [1.807, 2.05) is 19.2 Å². The van der Waals surface area contributed by atoms with Gasteiger partial charge in [-0.1, -0.05) is 6.07 Å². The monoisotopic (exact) mass is 481 g/mol. The number of ether oxygens (including phenoxy) is 1. The van der Waals surface area contributed by atoms with Crippen molar-refractivity contribution in [1.29, 1.82) is 0 Å². The van der Waals surface area contributed by atoms with Crippen molar-refractivity contribution >= 4 is 41.7 Å². The van der Waals surface area contributed by atoms with Gasteiger partial charge in [-0.15, -0.1) is 24.0 Å². The Morgan fingerprint density at radius 2 is 2.20 bits per heavy atom. The molecule has 0 amide bonds. The molecule has 1 aromatic rings. The quantitative estimate of drug-likeness (QED) is 0.336. The van der Waals surface area contributed by atoms with Crippen LogP contribution in [0.25, 0.3) is 0 Å². The molecule has 0 aromatic heterocycles. The number of hydrogen-bond acceptors (Lipinski definition) is 3. The topological polar surface area (TPSA) is 45.7 Å². The highest BCUT2D eigenvalue weighted by Gasteiger charge is 2.14. The summed E-state index contributed by atoms with van der Waals surface area (Å²) < 4.78 is 19.1. The number of guanidine groups is 1. The smallest absolute Gasteiger partial charge is 0.191 e. The van der Waals surface area contributed by atoms with Crippen molar-refractivity contribution in [3.8, 4) is 0 Å². The van der Waals surface area contributed by atoms with Crippen LogP contribution in [0.15, 0.2) is 23.2 Å². The summed E-state index contributed by atoms with van der Waals surface area (Å²) in [6, 6.07) is 4.95. The summed E-state index contributed by atoms with van der Waals surface area (Å²) >= 11 is 1.69. The summed E-state index contributed by atoms with van der Waals surface area (Å²) in [6.07, 6.45) is 5.73. The first kappa shape index (κ1) is 22.5. The second-order valence-corrected chi connectivity index (χ2v) is 6.76. The van der Waals surface area contributed by atoms with Crippen LogP contribution in [-0.4, -0.2) is 38.0 Å². The summed E-state index contributed by atoms with van der Waals surface area (Å²) in [5, 5.41) is 6.62. The van der Waals surface area contributed by atoms with E-state index in [0.29, 0.717) is 12.6 Å². The van der Waals surface area contributed by atoms with Gasteiger partial charge in [0.1, 0.15) is 5.82 Å². The van der Waals surface area contributed by atoms with Gasteiger partial charge in [0.15, 0.2) is 5.96 Å². The average molecular weight is 481 g/mol. The lowest BCUT2D eigenvalue weighted by molar-refractivity contribution is 0.105. The van der Waals surface area contributed by atoms with Crippen LogP contribution in [0.3, 0.4) is 0 Å². The number of aliphatic imine (C=N–C) groups is 1. The lowest BCUT2D eigenvalue weighted by Crippen LogP contribution is -2.38. The van der Waals surface area contributed by atoms with E-state index in [9.17, 15) is 4.39 Å². The molecule has 0 aliphatic carbocycles. The third-order valence-corrected chi connectivity index (χ3v) is 4.60. The number of hydrogen-bond donors (Lipinski definition) is 2. The fraction of sp³-hybridized carbons (Fsp3) is 0.611. The SMILES string of the molecule is CCNC(=NCc1ccc(F)cc1CSC)NCCC1CCCO1.I. The molecule has 2 rings (SSSR count). The Morgan fingerprint density at radius 3 is 2.88 bits per heavy atom. The molecule has 1 heterocycles. The summed E-state index contributed by atoms with van der Waals surface area (Å²) in [6.45, 7) is 5.14. The molecule has 1 saturated heterocycles. The van der Waals surface area contributed by atoms with Gasteiger partial charge < -0.3 is 15.4 Å². The van der Waals surface area contributed by atoms with Crippen LogP contribution < -0.4 is 10.6 Å². The Morgan fingerprint density at radius 1 is 1.36 bits per heavy atom. The average Bonchev–Trinajstić information content (AvgIpc) is 3.07. The lowest BCUT2D eigenvalue weighted by Gasteiger charge is -2.14. The van der Waals surface area contributed by atoms with E-state index in [-0.39, 0.29) is 29.8 Å². The van der Waals surface area contributed by atoms with Crippen LogP contribution in [0, 0.1) is 5.82 Å². The third kappa shape index (κ3) is 8.13. The zero-order valence-corrected chi connectivity index (χ0v) is 18.2. The highest BCUT2D eigenvalue weighted by Crippen LogP contribution is 2.17. The number of nitrogens with one attached hydrogen (secondary N) is 2. The van der Waals surface area contributed by atoms with Crippen LogP contribution in [0.4, 0.5) is 4.39 Å². The van der Waals surface area contributed by atoms with E-state index in [2.05, 4.69) is 15.6 Å². The van der Waals surface area contributed by atoms with Crippen molar-refractivity contribution in [2.24, 2.45) is 4.99 Å². The molecule has 0 radical (unpaired) electrons. The van der Waals surface area contributed by atoms with Crippen LogP contribution in [0.1, 0.15) is 37.3 Å². The van der Waals surface area contributed by atoms with Crippen LogP contribution in [0.5, 0.6) is 0 Å². The molecular formula is C18H29FIN3OS. The first-order valence-corrected chi connectivity index (χ1v) is 10.0. The lowest BCUT2D eigenvalue weighted by atomic mass is 10.1. The summed E-state index contributed by atoms with van der Waals surface area (Å²) in [4.78, 5) is 4.64. The maximum absolute atomic E-state index is 13.4. The van der Waals surface area contributed by atoms with Gasteiger partial charge in [0.05, 0.1) is 12.6 Å². The molecule has 2 N–H and O–H groups in total. The van der Waals surface area contributed by atoms with Gasteiger partial charge in [0.25, 0.3) is 0 Å². The fourth-order valence-electron chi connectivity index (χ4n) is 2.77. The van der Waals surface area contributed by atoms with Crippen LogP contribution >= 0.6 is 35.7 Å². The summed E-state index contributed by atoms with van der Waals surface area (Å²) in [7, 11) is 0. The zero-order chi connectivity index (χ0) is 17.2. The normalized spacial score (nSPS) is 17.2. The predicted octanol–water partition coefficient (Wildman–Crippen LogP) is 3.93. The fourth-order valence-corrected chi connectivity index (χ4v) is 3.35. The minimum absolute atomic E-state index is 0. The molecule has 1 atom stereocenters. The molecule has 1 unspecified atom stereocenters. The van der Waals surface area contributed by atoms with E-state index >= 15 is 0 Å². The van der Waals surface area contributed by atoms with Crippen molar-refractivity contribution in [2.45, 2.75) is 44.6 Å². The number of benzene rings is 1. The zero-order valence-electron chi connectivity index (χ0n) is 15.0. The van der Waals surface area contributed by atoms with Crippen molar-refractivity contribution in [3.63, 3.8) is 0 Å². The largest absolute Gasteiger partial charge is 0.378 e.